The monoisotopic (exact) mass is 708 g/mol. The summed E-state index contributed by atoms with van der Waals surface area (Å²) in [5.74, 6) is -0.827. The van der Waals surface area contributed by atoms with Crippen LogP contribution in [0.25, 0.3) is 10.9 Å². The molecule has 6 rings (SSSR count). The fourth-order valence-corrected chi connectivity index (χ4v) is 5.83. The number of hydrogen-bond donors (Lipinski definition) is 0. The van der Waals surface area contributed by atoms with Crippen molar-refractivity contribution in [2.45, 2.75) is 12.6 Å². The van der Waals surface area contributed by atoms with Crippen LogP contribution < -0.4 is 7.42 Å². The van der Waals surface area contributed by atoms with Gasteiger partial charge in [0.2, 0.25) is 0 Å². The van der Waals surface area contributed by atoms with Crippen molar-refractivity contribution in [1.82, 2.24) is 9.88 Å². The summed E-state index contributed by atoms with van der Waals surface area (Å²) in [5, 5.41) is 0.596. The van der Waals surface area contributed by atoms with E-state index in [1.54, 1.807) is 24.4 Å². The second kappa shape index (κ2) is 10.6. The van der Waals surface area contributed by atoms with Gasteiger partial charge in [-0.15, -0.1) is 0 Å². The third-order valence-electron chi connectivity index (χ3n) is 6.70. The zero-order valence-electron chi connectivity index (χ0n) is 20.6. The molecular formula is C31H20FN2O4Tl. The van der Waals surface area contributed by atoms with Gasteiger partial charge < -0.3 is 0 Å². The Labute approximate surface area is 240 Å². The van der Waals surface area contributed by atoms with Gasteiger partial charge in [0, 0.05) is 0 Å². The Bertz CT molecular complexity index is 1660. The van der Waals surface area contributed by atoms with Crippen LogP contribution in [0.4, 0.5) is 4.39 Å². The number of carbonyl (C=O) groups excluding carboxylic acids is 2. The van der Waals surface area contributed by atoms with Crippen LogP contribution in [0.1, 0.15) is 43.5 Å². The number of hydrogen-bond acceptors (Lipinski definition) is 5. The maximum absolute atomic E-state index is 13.9. The summed E-state index contributed by atoms with van der Waals surface area (Å²) in [7, 11) is 0. The topological polar surface area (TPSA) is 68.7 Å². The average Bonchev–Trinajstić information content (AvgIpc) is 3.22. The molecule has 188 valence electrons. The first-order valence-corrected chi connectivity index (χ1v) is 14.1. The molecule has 0 unspecified atom stereocenters. The molecule has 0 spiro atoms. The molecule has 0 aliphatic carbocycles. The second-order valence-electron chi connectivity index (χ2n) is 9.07. The second-order valence-corrected chi connectivity index (χ2v) is 9.98. The van der Waals surface area contributed by atoms with Crippen molar-refractivity contribution < 1.29 is 21.4 Å². The number of pyridine rings is 1. The summed E-state index contributed by atoms with van der Waals surface area (Å²) in [6.45, 7) is -0.0144. The SMILES string of the molecule is O=C1c2c(c(OC(c3ccccc3)c3ccccc3)c3ncccc3c2[O][Tl])C(=O)N1Cc1ccc(F)cc1. The van der Waals surface area contributed by atoms with Gasteiger partial charge in [-0.2, -0.15) is 0 Å². The number of imide groups is 1. The summed E-state index contributed by atoms with van der Waals surface area (Å²) < 4.78 is 26.1. The van der Waals surface area contributed by atoms with Gasteiger partial charge in [0.15, 0.2) is 0 Å². The van der Waals surface area contributed by atoms with Crippen LogP contribution in [0.5, 0.6) is 11.5 Å². The van der Waals surface area contributed by atoms with Crippen molar-refractivity contribution in [2.75, 3.05) is 0 Å². The Kier molecular flexibility index (Phi) is 6.82. The van der Waals surface area contributed by atoms with E-state index >= 15 is 0 Å². The molecular weight excluding hydrogens is 688 g/mol. The molecule has 8 heteroatoms. The van der Waals surface area contributed by atoms with E-state index in [1.165, 1.54) is 12.1 Å². The Morgan fingerprint density at radius 3 is 1.95 bits per heavy atom. The molecule has 1 aliphatic heterocycles. The predicted octanol–water partition coefficient (Wildman–Crippen LogP) is 5.80. The van der Waals surface area contributed by atoms with E-state index in [9.17, 15) is 14.0 Å². The van der Waals surface area contributed by atoms with Gasteiger partial charge in [-0.3, -0.25) is 0 Å². The first-order chi connectivity index (χ1) is 19.1. The van der Waals surface area contributed by atoms with Crippen molar-refractivity contribution in [3.05, 3.63) is 137 Å². The van der Waals surface area contributed by atoms with Gasteiger partial charge >= 0.3 is 241 Å². The first kappa shape index (κ1) is 25.2. The number of aromatic nitrogens is 1. The van der Waals surface area contributed by atoms with Crippen molar-refractivity contribution in [3.8, 4) is 11.5 Å². The van der Waals surface area contributed by atoms with Gasteiger partial charge in [-0.25, -0.2) is 0 Å². The Morgan fingerprint density at radius 1 is 0.769 bits per heavy atom. The number of carbonyl (C=O) groups is 2. The minimum absolute atomic E-state index is 0.0144. The molecule has 5 aromatic rings. The van der Waals surface area contributed by atoms with E-state index in [0.29, 0.717) is 22.2 Å². The Hall–Kier alpha value is -4.12. The van der Waals surface area contributed by atoms with E-state index in [1.807, 2.05) is 66.7 Å². The summed E-state index contributed by atoms with van der Waals surface area (Å²) in [4.78, 5) is 33.4. The average molecular weight is 708 g/mol. The Balaban J connectivity index is 1.54. The fourth-order valence-electron chi connectivity index (χ4n) is 4.88. The number of nitrogens with zero attached hydrogens (tertiary/aromatic N) is 2. The number of benzene rings is 4. The standard InChI is InChI=1S/C31H21FN2O4.Tl/c32-22-15-13-19(14-16-22)18-34-30(36)24-25(31(34)37)29(26-23(27(24)35)12-7-17-33-26)38-28(20-8-3-1-4-9-20)21-10-5-2-6-11-21;/h1-17,28,35H,18H2;/q;+1/p-1. The van der Waals surface area contributed by atoms with Crippen LogP contribution in [-0.4, -0.2) is 47.9 Å². The summed E-state index contributed by atoms with van der Waals surface area (Å²) >= 11 is 0.0599. The molecule has 2 amide bonds. The quantitative estimate of drug-likeness (QED) is 0.158. The van der Waals surface area contributed by atoms with Gasteiger partial charge in [0.05, 0.1) is 0 Å². The zero-order valence-corrected chi connectivity index (χ0v) is 25.1. The van der Waals surface area contributed by atoms with E-state index in [2.05, 4.69) is 4.98 Å². The van der Waals surface area contributed by atoms with Crippen molar-refractivity contribution in [1.29, 1.82) is 0 Å². The number of ether oxygens (including phenoxy) is 1. The van der Waals surface area contributed by atoms with Crippen LogP contribution >= 0.6 is 0 Å². The van der Waals surface area contributed by atoms with E-state index in [4.69, 9.17) is 7.42 Å². The molecule has 0 bridgehead atoms. The summed E-state index contributed by atoms with van der Waals surface area (Å²) in [6.07, 6.45) is 1.05. The molecule has 6 nitrogen and oxygen atoms in total. The minimum atomic E-state index is -0.569. The molecule has 0 saturated heterocycles. The van der Waals surface area contributed by atoms with Crippen LogP contribution in [-0.2, 0) is 6.54 Å². The van der Waals surface area contributed by atoms with Crippen molar-refractivity contribution >= 4 is 48.9 Å². The van der Waals surface area contributed by atoms with Gasteiger partial charge in [-0.1, -0.05) is 0 Å². The molecule has 0 fully saturated rings. The first-order valence-electron chi connectivity index (χ1n) is 12.3. The van der Waals surface area contributed by atoms with Crippen LogP contribution in [0.3, 0.4) is 0 Å². The van der Waals surface area contributed by atoms with Crippen LogP contribution in [0.15, 0.2) is 103 Å². The van der Waals surface area contributed by atoms with Gasteiger partial charge in [0.25, 0.3) is 0 Å². The molecule has 0 atom stereocenters. The fraction of sp³-hybridized carbons (Fsp3) is 0.0645. The number of fused-ring (bicyclic) bond motifs is 2. The summed E-state index contributed by atoms with van der Waals surface area (Å²) in [6, 6.07) is 28.7. The molecule has 39 heavy (non-hydrogen) atoms. The van der Waals surface area contributed by atoms with E-state index in [0.717, 1.165) is 16.0 Å². The van der Waals surface area contributed by atoms with Crippen LogP contribution in [0, 0.1) is 5.82 Å². The van der Waals surface area contributed by atoms with Crippen molar-refractivity contribution in [3.63, 3.8) is 0 Å². The van der Waals surface area contributed by atoms with E-state index in [-0.39, 0.29) is 49.6 Å². The molecule has 0 N–H and O–H groups in total. The van der Waals surface area contributed by atoms with Crippen LogP contribution in [0.2, 0.25) is 0 Å². The van der Waals surface area contributed by atoms with Gasteiger partial charge in [0.1, 0.15) is 0 Å². The van der Waals surface area contributed by atoms with E-state index < -0.39 is 23.7 Å². The molecule has 4 aromatic carbocycles. The number of amides is 2. The molecule has 1 aromatic heterocycles. The third-order valence-corrected chi connectivity index (χ3v) is 7.62. The summed E-state index contributed by atoms with van der Waals surface area (Å²) in [5.41, 5.74) is 3.12. The normalized spacial score (nSPS) is 12.7. The van der Waals surface area contributed by atoms with Crippen molar-refractivity contribution in [2.24, 2.45) is 0 Å². The third kappa shape index (κ3) is 4.56. The molecule has 2 heterocycles. The molecule has 0 radical (unpaired) electrons. The Morgan fingerprint density at radius 2 is 1.36 bits per heavy atom. The maximum atomic E-state index is 13.9. The molecule has 1 aliphatic rings. The predicted molar refractivity (Wildman–Crippen MR) is 144 cm³/mol. The van der Waals surface area contributed by atoms with Gasteiger partial charge in [-0.05, 0) is 0 Å². The number of rotatable bonds is 7. The number of halogens is 1. The molecule has 0 saturated carbocycles. The zero-order chi connectivity index (χ0) is 26.9.